The van der Waals surface area contributed by atoms with Gasteiger partial charge in [-0.05, 0) is 31.4 Å². The van der Waals surface area contributed by atoms with Crippen LogP contribution in [0.25, 0.3) is 0 Å². The summed E-state index contributed by atoms with van der Waals surface area (Å²) in [4.78, 5) is 37.0. The van der Waals surface area contributed by atoms with Crippen LogP contribution in [0, 0.1) is 0 Å². The Labute approximate surface area is 163 Å². The minimum Gasteiger partial charge on any atom is -0.322 e. The van der Waals surface area contributed by atoms with E-state index in [4.69, 9.17) is 11.6 Å². The van der Waals surface area contributed by atoms with Crippen molar-refractivity contribution in [3.63, 3.8) is 0 Å². The van der Waals surface area contributed by atoms with Crippen LogP contribution in [0.15, 0.2) is 24.3 Å². The lowest BCUT2D eigenvalue weighted by molar-refractivity contribution is -0.139. The summed E-state index contributed by atoms with van der Waals surface area (Å²) in [5.41, 5.74) is 2.56. The first-order valence-corrected chi connectivity index (χ1v) is 9.75. The number of hydrogen-bond acceptors (Lipinski definition) is 4. The third-order valence-electron chi connectivity index (χ3n) is 5.28. The molecular formula is C19H25ClN4O3. The average molecular weight is 393 g/mol. The highest BCUT2D eigenvalue weighted by Gasteiger charge is 2.52. The molecule has 3 rings (SSSR count). The Balaban J connectivity index is 1.49. The van der Waals surface area contributed by atoms with Gasteiger partial charge in [0.05, 0.1) is 0 Å². The molecule has 1 atom stereocenters. The van der Waals surface area contributed by atoms with Crippen molar-refractivity contribution in [2.45, 2.75) is 57.0 Å². The van der Waals surface area contributed by atoms with Gasteiger partial charge in [-0.2, -0.15) is 5.01 Å². The van der Waals surface area contributed by atoms with E-state index < -0.39 is 11.6 Å². The van der Waals surface area contributed by atoms with Gasteiger partial charge in [-0.3, -0.25) is 15.0 Å². The molecule has 1 aliphatic carbocycles. The van der Waals surface area contributed by atoms with Gasteiger partial charge >= 0.3 is 6.03 Å². The van der Waals surface area contributed by atoms with E-state index in [-0.39, 0.29) is 24.3 Å². The number of nitrogens with zero attached hydrogens (tertiary/aromatic N) is 1. The Kier molecular flexibility index (Phi) is 6.01. The highest BCUT2D eigenvalue weighted by Crippen LogP contribution is 2.33. The van der Waals surface area contributed by atoms with E-state index in [9.17, 15) is 14.4 Å². The molecule has 2 fully saturated rings. The van der Waals surface area contributed by atoms with Gasteiger partial charge < -0.3 is 10.6 Å². The fourth-order valence-electron chi connectivity index (χ4n) is 3.74. The van der Waals surface area contributed by atoms with Gasteiger partial charge in [0.1, 0.15) is 5.54 Å². The summed E-state index contributed by atoms with van der Waals surface area (Å²) in [6, 6.07) is 6.95. The van der Waals surface area contributed by atoms with E-state index in [2.05, 4.69) is 16.1 Å². The molecular weight excluding hydrogens is 368 g/mol. The molecule has 0 unspecified atom stereocenters. The second-order valence-corrected chi connectivity index (χ2v) is 7.60. The molecule has 0 bridgehead atoms. The molecule has 2 aliphatic rings. The van der Waals surface area contributed by atoms with Gasteiger partial charge in [0.15, 0.2) is 0 Å². The number of urea groups is 1. The Morgan fingerprint density at radius 2 is 1.96 bits per heavy atom. The average Bonchev–Trinajstić information content (AvgIpc) is 2.86. The molecule has 0 aromatic heterocycles. The fourth-order valence-corrected chi connectivity index (χ4v) is 4.03. The van der Waals surface area contributed by atoms with Crippen LogP contribution in [-0.2, 0) is 9.59 Å². The minimum absolute atomic E-state index is 0.0197. The molecule has 1 aliphatic heterocycles. The van der Waals surface area contributed by atoms with Gasteiger partial charge in [0.2, 0.25) is 5.91 Å². The number of amides is 4. The zero-order chi connectivity index (χ0) is 19.4. The number of halogens is 1. The number of hydrogen-bond donors (Lipinski definition) is 3. The van der Waals surface area contributed by atoms with Gasteiger partial charge in [-0.25, -0.2) is 4.79 Å². The second kappa shape index (κ2) is 8.27. The maximum Gasteiger partial charge on any atom is 0.344 e. The summed E-state index contributed by atoms with van der Waals surface area (Å²) in [7, 11) is 0. The first-order valence-electron chi connectivity index (χ1n) is 9.37. The molecule has 146 valence electrons. The Hall–Kier alpha value is -2.12. The van der Waals surface area contributed by atoms with E-state index in [0.717, 1.165) is 29.8 Å². The Bertz CT molecular complexity index is 733. The molecule has 3 N–H and O–H groups in total. The number of rotatable bonds is 6. The summed E-state index contributed by atoms with van der Waals surface area (Å²) in [5, 5.41) is 7.50. The molecule has 1 aromatic carbocycles. The third kappa shape index (κ3) is 4.25. The molecule has 7 nitrogen and oxygen atoms in total. The number of hydrazine groups is 1. The SMILES string of the molecule is C[C@@H](NCCC(=O)NN1C(=O)NC2(CCCCC2)C1=O)c1ccccc1Cl. The molecule has 27 heavy (non-hydrogen) atoms. The zero-order valence-electron chi connectivity index (χ0n) is 15.4. The first kappa shape index (κ1) is 19.6. The molecule has 4 amide bonds. The predicted octanol–water partition coefficient (Wildman–Crippen LogP) is 2.67. The maximum atomic E-state index is 12.6. The van der Waals surface area contributed by atoms with E-state index in [1.807, 2.05) is 31.2 Å². The van der Waals surface area contributed by atoms with Crippen molar-refractivity contribution >= 4 is 29.4 Å². The van der Waals surface area contributed by atoms with Crippen LogP contribution in [0.1, 0.15) is 57.1 Å². The molecule has 0 radical (unpaired) electrons. The quantitative estimate of drug-likeness (QED) is 0.649. The highest BCUT2D eigenvalue weighted by molar-refractivity contribution is 6.31. The molecule has 8 heteroatoms. The van der Waals surface area contributed by atoms with Crippen molar-refractivity contribution in [1.82, 2.24) is 21.1 Å². The molecule has 1 saturated carbocycles. The van der Waals surface area contributed by atoms with Crippen molar-refractivity contribution < 1.29 is 14.4 Å². The van der Waals surface area contributed by atoms with E-state index >= 15 is 0 Å². The van der Waals surface area contributed by atoms with E-state index in [1.165, 1.54) is 0 Å². The van der Waals surface area contributed by atoms with Crippen LogP contribution in [0.3, 0.4) is 0 Å². The summed E-state index contributed by atoms with van der Waals surface area (Å²) in [6.07, 6.45) is 4.25. The maximum absolute atomic E-state index is 12.6. The van der Waals surface area contributed by atoms with Gasteiger partial charge in [-0.15, -0.1) is 0 Å². The fraction of sp³-hybridized carbons (Fsp3) is 0.526. The molecule has 1 spiro atoms. The first-order chi connectivity index (χ1) is 12.9. The number of imide groups is 1. The number of carbonyl (C=O) groups is 3. The van der Waals surface area contributed by atoms with Gasteiger partial charge in [0.25, 0.3) is 5.91 Å². The van der Waals surface area contributed by atoms with Crippen molar-refractivity contribution in [2.24, 2.45) is 0 Å². The lowest BCUT2D eigenvalue weighted by atomic mass is 9.82. The van der Waals surface area contributed by atoms with Crippen LogP contribution in [0.2, 0.25) is 5.02 Å². The van der Waals surface area contributed by atoms with Gasteiger partial charge in [-0.1, -0.05) is 49.1 Å². The lowest BCUT2D eigenvalue weighted by Gasteiger charge is -2.30. The summed E-state index contributed by atoms with van der Waals surface area (Å²) >= 11 is 6.17. The summed E-state index contributed by atoms with van der Waals surface area (Å²) in [5.74, 6) is -0.733. The summed E-state index contributed by atoms with van der Waals surface area (Å²) < 4.78 is 0. The van der Waals surface area contributed by atoms with Crippen molar-refractivity contribution in [1.29, 1.82) is 0 Å². The van der Waals surface area contributed by atoms with Crippen LogP contribution in [-0.4, -0.2) is 34.9 Å². The third-order valence-corrected chi connectivity index (χ3v) is 5.62. The smallest absolute Gasteiger partial charge is 0.322 e. The van der Waals surface area contributed by atoms with Crippen LogP contribution < -0.4 is 16.1 Å². The van der Waals surface area contributed by atoms with E-state index in [0.29, 0.717) is 24.4 Å². The van der Waals surface area contributed by atoms with Crippen molar-refractivity contribution in [3.05, 3.63) is 34.9 Å². The van der Waals surface area contributed by atoms with Crippen LogP contribution in [0.5, 0.6) is 0 Å². The van der Waals surface area contributed by atoms with Gasteiger partial charge in [0, 0.05) is 24.0 Å². The standard InChI is InChI=1S/C19H25ClN4O3/c1-13(14-7-3-4-8-15(14)20)21-12-9-16(25)23-24-17(26)19(22-18(24)27)10-5-2-6-11-19/h3-4,7-8,13,21H,2,5-6,9-12H2,1H3,(H,22,27)(H,23,25)/t13-/m1/s1. The van der Waals surface area contributed by atoms with Crippen molar-refractivity contribution in [2.75, 3.05) is 6.54 Å². The number of carbonyl (C=O) groups excluding carboxylic acids is 3. The zero-order valence-corrected chi connectivity index (χ0v) is 16.1. The Morgan fingerprint density at radius 3 is 2.67 bits per heavy atom. The monoisotopic (exact) mass is 392 g/mol. The van der Waals surface area contributed by atoms with Crippen LogP contribution in [0.4, 0.5) is 4.79 Å². The number of nitrogens with one attached hydrogen (secondary N) is 3. The topological polar surface area (TPSA) is 90.5 Å². The van der Waals surface area contributed by atoms with E-state index in [1.54, 1.807) is 0 Å². The van der Waals surface area contributed by atoms with Crippen molar-refractivity contribution in [3.8, 4) is 0 Å². The van der Waals surface area contributed by atoms with Crippen LogP contribution >= 0.6 is 11.6 Å². The predicted molar refractivity (Wildman–Crippen MR) is 102 cm³/mol. The largest absolute Gasteiger partial charge is 0.344 e. The molecule has 1 heterocycles. The molecule has 1 aromatic rings. The highest BCUT2D eigenvalue weighted by atomic mass is 35.5. The number of benzene rings is 1. The molecule has 1 saturated heterocycles. The lowest BCUT2D eigenvalue weighted by Crippen LogP contribution is -2.51. The normalized spacial score (nSPS) is 19.9. The second-order valence-electron chi connectivity index (χ2n) is 7.20. The minimum atomic E-state index is -0.834. The summed E-state index contributed by atoms with van der Waals surface area (Å²) in [6.45, 7) is 2.36. The Morgan fingerprint density at radius 1 is 1.26 bits per heavy atom.